The van der Waals surface area contributed by atoms with Crippen LogP contribution in [0.4, 0.5) is 0 Å². The Morgan fingerprint density at radius 2 is 1.85 bits per heavy atom. The zero-order valence-corrected chi connectivity index (χ0v) is 19.2. The van der Waals surface area contributed by atoms with Crippen molar-refractivity contribution in [2.24, 2.45) is 29.1 Å². The lowest BCUT2D eigenvalue weighted by atomic mass is 9.50. The molecule has 0 saturated heterocycles. The van der Waals surface area contributed by atoms with Crippen LogP contribution in [0.15, 0.2) is 54.1 Å². The Morgan fingerprint density at radius 1 is 1.09 bits per heavy atom. The molecule has 5 heteroatoms. The van der Waals surface area contributed by atoms with Gasteiger partial charge in [-0.25, -0.2) is 0 Å². The highest BCUT2D eigenvalue weighted by atomic mass is 16.3. The van der Waals surface area contributed by atoms with E-state index in [9.17, 15) is 19.8 Å². The van der Waals surface area contributed by atoms with Crippen LogP contribution in [0.2, 0.25) is 0 Å². The number of hydrogen-bond acceptors (Lipinski definition) is 4. The molecule has 6 rings (SSSR count). The van der Waals surface area contributed by atoms with Crippen molar-refractivity contribution in [1.29, 1.82) is 0 Å². The maximum absolute atomic E-state index is 13.5. The summed E-state index contributed by atoms with van der Waals surface area (Å²) >= 11 is 0. The Morgan fingerprint density at radius 3 is 2.58 bits per heavy atom. The molecule has 1 aromatic rings. The van der Waals surface area contributed by atoms with E-state index in [2.05, 4.69) is 12.2 Å². The van der Waals surface area contributed by atoms with E-state index < -0.39 is 11.7 Å². The van der Waals surface area contributed by atoms with E-state index in [4.69, 9.17) is 0 Å². The number of hydrogen-bond donors (Lipinski definition) is 3. The van der Waals surface area contributed by atoms with E-state index in [1.54, 1.807) is 12.2 Å². The maximum Gasteiger partial charge on any atom is 0.252 e. The zero-order valence-electron chi connectivity index (χ0n) is 19.2. The molecule has 0 heterocycles. The van der Waals surface area contributed by atoms with Gasteiger partial charge >= 0.3 is 0 Å². The average molecular weight is 448 g/mol. The summed E-state index contributed by atoms with van der Waals surface area (Å²) in [5.41, 5.74) is 0.0995. The van der Waals surface area contributed by atoms with Crippen molar-refractivity contribution in [2.45, 2.75) is 69.1 Å². The molecule has 0 aromatic heterocycles. The van der Waals surface area contributed by atoms with Gasteiger partial charge in [-0.1, -0.05) is 48.9 Å². The quantitative estimate of drug-likeness (QED) is 0.663. The molecule has 0 bridgehead atoms. The molecule has 1 amide bonds. The maximum atomic E-state index is 13.5. The third-order valence-corrected chi connectivity index (χ3v) is 9.77. The standard InChI is InChI=1S/C28H33NO4/c1-26-11-9-19(30)15-18(26)7-8-21-20-10-12-28(33,22(20)16-23(31)24(21)26)25(32)29-27(13-14-27)17-5-3-2-4-6-17/h2-6,9,11,15,20-24,31,33H,7-8,10,12-14,16H2,1H3,(H,29,32)/t20?,21?,22?,23-,24?,26?,28+/m0/s1. The highest BCUT2D eigenvalue weighted by molar-refractivity contribution is 6.01. The predicted octanol–water partition coefficient (Wildman–Crippen LogP) is 3.41. The first-order valence-corrected chi connectivity index (χ1v) is 12.5. The molecule has 0 radical (unpaired) electrons. The summed E-state index contributed by atoms with van der Waals surface area (Å²) in [6, 6.07) is 10.0. The van der Waals surface area contributed by atoms with E-state index >= 15 is 0 Å². The first-order chi connectivity index (χ1) is 15.8. The Balaban J connectivity index is 1.26. The summed E-state index contributed by atoms with van der Waals surface area (Å²) in [6.45, 7) is 2.15. The number of fused-ring (bicyclic) bond motifs is 5. The van der Waals surface area contributed by atoms with Crippen LogP contribution >= 0.6 is 0 Å². The summed E-state index contributed by atoms with van der Waals surface area (Å²) in [5, 5.41) is 26.3. The van der Waals surface area contributed by atoms with E-state index in [0.717, 1.165) is 43.2 Å². The molecule has 5 nitrogen and oxygen atoms in total. The second-order valence-corrected chi connectivity index (χ2v) is 11.4. The second-order valence-electron chi connectivity index (χ2n) is 11.4. The number of carbonyl (C=O) groups is 2. The van der Waals surface area contributed by atoms with Gasteiger partial charge in [0.25, 0.3) is 5.91 Å². The number of rotatable bonds is 3. The molecular formula is C28H33NO4. The second kappa shape index (κ2) is 7.13. The molecule has 7 atom stereocenters. The monoisotopic (exact) mass is 447 g/mol. The number of aliphatic hydroxyl groups is 2. The Labute approximate surface area is 195 Å². The number of benzene rings is 1. The molecule has 5 aliphatic carbocycles. The molecule has 4 saturated carbocycles. The molecule has 5 aliphatic rings. The lowest BCUT2D eigenvalue weighted by molar-refractivity contribution is -0.155. The van der Waals surface area contributed by atoms with Crippen LogP contribution in [0.5, 0.6) is 0 Å². The summed E-state index contributed by atoms with van der Waals surface area (Å²) in [6.07, 6.45) is 9.98. The first kappa shape index (κ1) is 21.3. The molecular weight excluding hydrogens is 414 g/mol. The number of amides is 1. The van der Waals surface area contributed by atoms with E-state index in [1.807, 2.05) is 36.4 Å². The van der Waals surface area contributed by atoms with Crippen molar-refractivity contribution in [3.05, 3.63) is 59.7 Å². The lowest BCUT2D eigenvalue weighted by Gasteiger charge is -2.56. The Kier molecular flexibility index (Phi) is 4.60. The third-order valence-electron chi connectivity index (χ3n) is 9.77. The lowest BCUT2D eigenvalue weighted by Crippen LogP contribution is -2.58. The van der Waals surface area contributed by atoms with Gasteiger partial charge in [-0.3, -0.25) is 9.59 Å². The summed E-state index contributed by atoms with van der Waals surface area (Å²) < 4.78 is 0. The molecule has 174 valence electrons. The van der Waals surface area contributed by atoms with Crippen LogP contribution < -0.4 is 5.32 Å². The average Bonchev–Trinajstić information content (AvgIpc) is 3.51. The van der Waals surface area contributed by atoms with Gasteiger partial charge < -0.3 is 15.5 Å². The molecule has 4 fully saturated rings. The SMILES string of the molecule is CC12C=CC(=O)C=C1CCC1C3CC[C@](O)(C(=O)NC4(c5ccccc5)CC4)C3C[C@H](O)C12. The number of allylic oxidation sites excluding steroid dienone is 4. The highest BCUT2D eigenvalue weighted by Crippen LogP contribution is 2.62. The Hall–Kier alpha value is -2.24. The smallest absolute Gasteiger partial charge is 0.252 e. The van der Waals surface area contributed by atoms with Crippen molar-refractivity contribution in [2.75, 3.05) is 0 Å². The molecule has 3 N–H and O–H groups in total. The molecule has 0 spiro atoms. The molecule has 0 aliphatic heterocycles. The van der Waals surface area contributed by atoms with Gasteiger partial charge in [0.1, 0.15) is 5.60 Å². The minimum Gasteiger partial charge on any atom is -0.393 e. The van der Waals surface area contributed by atoms with Crippen LogP contribution in [-0.4, -0.2) is 33.6 Å². The fourth-order valence-electron chi connectivity index (χ4n) is 7.91. The van der Waals surface area contributed by atoms with Crippen molar-refractivity contribution < 1.29 is 19.8 Å². The van der Waals surface area contributed by atoms with Crippen molar-refractivity contribution in [3.63, 3.8) is 0 Å². The van der Waals surface area contributed by atoms with Gasteiger partial charge in [0.05, 0.1) is 11.6 Å². The van der Waals surface area contributed by atoms with Gasteiger partial charge in [-0.2, -0.15) is 0 Å². The third kappa shape index (κ3) is 3.05. The molecule has 1 aromatic carbocycles. The normalized spacial score (nSPS) is 42.6. The largest absolute Gasteiger partial charge is 0.393 e. The number of carbonyl (C=O) groups excluding carboxylic acids is 2. The van der Waals surface area contributed by atoms with Crippen molar-refractivity contribution >= 4 is 11.7 Å². The first-order valence-electron chi connectivity index (χ1n) is 12.5. The predicted molar refractivity (Wildman–Crippen MR) is 124 cm³/mol. The summed E-state index contributed by atoms with van der Waals surface area (Å²) in [7, 11) is 0. The van der Waals surface area contributed by atoms with Crippen LogP contribution in [0.25, 0.3) is 0 Å². The van der Waals surface area contributed by atoms with E-state index in [1.165, 1.54) is 0 Å². The van der Waals surface area contributed by atoms with Gasteiger partial charge in [-0.15, -0.1) is 0 Å². The minimum absolute atomic E-state index is 0.0209. The van der Waals surface area contributed by atoms with Gasteiger partial charge in [-0.05, 0) is 74.5 Å². The number of nitrogens with one attached hydrogen (secondary N) is 1. The van der Waals surface area contributed by atoms with Crippen molar-refractivity contribution in [1.82, 2.24) is 5.32 Å². The van der Waals surface area contributed by atoms with Crippen LogP contribution in [0.1, 0.15) is 57.4 Å². The van der Waals surface area contributed by atoms with E-state index in [-0.39, 0.29) is 46.3 Å². The molecule has 5 unspecified atom stereocenters. The van der Waals surface area contributed by atoms with Gasteiger partial charge in [0.15, 0.2) is 5.78 Å². The topological polar surface area (TPSA) is 86.6 Å². The van der Waals surface area contributed by atoms with Gasteiger partial charge in [0, 0.05) is 17.3 Å². The van der Waals surface area contributed by atoms with Crippen molar-refractivity contribution in [3.8, 4) is 0 Å². The number of ketones is 1. The summed E-state index contributed by atoms with van der Waals surface area (Å²) in [4.78, 5) is 25.5. The van der Waals surface area contributed by atoms with Crippen LogP contribution in [0, 0.1) is 29.1 Å². The van der Waals surface area contributed by atoms with Gasteiger partial charge in [0.2, 0.25) is 0 Å². The zero-order chi connectivity index (χ0) is 23.0. The highest BCUT2D eigenvalue weighted by Gasteiger charge is 2.63. The van der Waals surface area contributed by atoms with E-state index in [0.29, 0.717) is 12.8 Å². The summed E-state index contributed by atoms with van der Waals surface area (Å²) in [5.74, 6) is 0.00230. The fraction of sp³-hybridized carbons (Fsp3) is 0.571. The minimum atomic E-state index is -1.43. The van der Waals surface area contributed by atoms with Crippen LogP contribution in [-0.2, 0) is 15.1 Å². The van der Waals surface area contributed by atoms with Crippen LogP contribution in [0.3, 0.4) is 0 Å². The molecule has 33 heavy (non-hydrogen) atoms. The Bertz CT molecular complexity index is 1060. The number of aliphatic hydroxyl groups excluding tert-OH is 1. The fourth-order valence-corrected chi connectivity index (χ4v) is 7.91.